The number of Topliss-reactive ketones (excluding diaryl/α,β-unsaturated/α-hetero) is 1. The maximum absolute atomic E-state index is 13.1. The number of esters is 1. The van der Waals surface area contributed by atoms with Crippen LogP contribution in [0.1, 0.15) is 46.1 Å². The van der Waals surface area contributed by atoms with Crippen molar-refractivity contribution in [2.24, 2.45) is 22.7 Å². The molecule has 0 radical (unpaired) electrons. The standard InChI is InChI=1S/C22H28O3/c1-5-25-20(24)16(13-15-9-7-6-8-10-15)14-17-18-11-12-22(4,19(17)23)21(18,2)3/h6-10,14,16,18H,5,11-13H2,1-4H3/b17-14+/t16-,18-,22-/m0/s1. The van der Waals surface area contributed by atoms with Crippen LogP contribution in [0.3, 0.4) is 0 Å². The Bertz CT molecular complexity index is 701. The highest BCUT2D eigenvalue weighted by Crippen LogP contribution is 2.65. The number of ketones is 1. The summed E-state index contributed by atoms with van der Waals surface area (Å²) in [6, 6.07) is 9.93. The zero-order valence-corrected chi connectivity index (χ0v) is 15.7. The normalized spacial score (nSPS) is 29.8. The van der Waals surface area contributed by atoms with Gasteiger partial charge in [0.2, 0.25) is 0 Å². The predicted molar refractivity (Wildman–Crippen MR) is 98.0 cm³/mol. The van der Waals surface area contributed by atoms with Crippen LogP contribution < -0.4 is 0 Å². The van der Waals surface area contributed by atoms with Crippen molar-refractivity contribution in [1.82, 2.24) is 0 Å². The van der Waals surface area contributed by atoms with E-state index in [2.05, 4.69) is 20.8 Å². The van der Waals surface area contributed by atoms with E-state index in [0.29, 0.717) is 13.0 Å². The average molecular weight is 340 g/mol. The third-order valence-electron chi connectivity index (χ3n) is 6.63. The molecule has 2 aliphatic carbocycles. The molecule has 1 aromatic carbocycles. The van der Waals surface area contributed by atoms with Gasteiger partial charge in [0.05, 0.1) is 12.5 Å². The van der Waals surface area contributed by atoms with E-state index >= 15 is 0 Å². The summed E-state index contributed by atoms with van der Waals surface area (Å²) in [6.07, 6.45) is 4.47. The largest absolute Gasteiger partial charge is 0.466 e. The van der Waals surface area contributed by atoms with E-state index in [0.717, 1.165) is 24.0 Å². The van der Waals surface area contributed by atoms with Crippen LogP contribution >= 0.6 is 0 Å². The van der Waals surface area contributed by atoms with Crippen molar-refractivity contribution >= 4 is 11.8 Å². The fourth-order valence-corrected chi connectivity index (χ4v) is 4.66. The Balaban J connectivity index is 1.93. The van der Waals surface area contributed by atoms with Gasteiger partial charge in [-0.2, -0.15) is 0 Å². The van der Waals surface area contributed by atoms with E-state index in [1.807, 2.05) is 43.3 Å². The summed E-state index contributed by atoms with van der Waals surface area (Å²) in [7, 11) is 0. The number of benzene rings is 1. The van der Waals surface area contributed by atoms with Crippen molar-refractivity contribution in [3.05, 3.63) is 47.5 Å². The van der Waals surface area contributed by atoms with Crippen LogP contribution in [0.25, 0.3) is 0 Å². The Kier molecular flexibility index (Phi) is 4.61. The molecule has 0 unspecified atom stereocenters. The van der Waals surface area contributed by atoms with E-state index in [4.69, 9.17) is 4.74 Å². The van der Waals surface area contributed by atoms with E-state index < -0.39 is 5.92 Å². The molecule has 3 rings (SSSR count). The molecule has 25 heavy (non-hydrogen) atoms. The molecule has 0 spiro atoms. The van der Waals surface area contributed by atoms with Gasteiger partial charge in [0, 0.05) is 5.41 Å². The summed E-state index contributed by atoms with van der Waals surface area (Å²) in [4.78, 5) is 25.6. The van der Waals surface area contributed by atoms with Crippen molar-refractivity contribution in [3.8, 4) is 0 Å². The highest BCUT2D eigenvalue weighted by Gasteiger charge is 2.63. The number of fused-ring (bicyclic) bond motifs is 2. The molecule has 3 nitrogen and oxygen atoms in total. The Morgan fingerprint density at radius 1 is 1.28 bits per heavy atom. The first-order chi connectivity index (χ1) is 11.8. The molecule has 2 saturated carbocycles. The first-order valence-corrected chi connectivity index (χ1v) is 9.28. The Hall–Kier alpha value is -1.90. The van der Waals surface area contributed by atoms with Crippen LogP contribution in [0.4, 0.5) is 0 Å². The van der Waals surface area contributed by atoms with E-state index in [1.165, 1.54) is 0 Å². The number of hydrogen-bond donors (Lipinski definition) is 0. The molecule has 2 fully saturated rings. The highest BCUT2D eigenvalue weighted by atomic mass is 16.5. The molecule has 3 heteroatoms. The topological polar surface area (TPSA) is 43.4 Å². The van der Waals surface area contributed by atoms with E-state index in [-0.39, 0.29) is 28.5 Å². The number of rotatable bonds is 5. The number of carbonyl (C=O) groups is 2. The van der Waals surface area contributed by atoms with Crippen molar-refractivity contribution < 1.29 is 14.3 Å². The Morgan fingerprint density at radius 3 is 2.52 bits per heavy atom. The summed E-state index contributed by atoms with van der Waals surface area (Å²) in [5.74, 6) is -0.161. The van der Waals surface area contributed by atoms with Crippen LogP contribution in [0, 0.1) is 22.7 Å². The van der Waals surface area contributed by atoms with Crippen LogP contribution in [-0.4, -0.2) is 18.4 Å². The highest BCUT2D eigenvalue weighted by molar-refractivity contribution is 6.05. The molecule has 0 heterocycles. The molecule has 0 aliphatic heterocycles. The number of allylic oxidation sites excluding steroid dienone is 1. The third kappa shape index (κ3) is 2.84. The van der Waals surface area contributed by atoms with Crippen LogP contribution in [-0.2, 0) is 20.7 Å². The lowest BCUT2D eigenvalue weighted by Crippen LogP contribution is -2.32. The quantitative estimate of drug-likeness (QED) is 0.591. The van der Waals surface area contributed by atoms with Crippen LogP contribution in [0.15, 0.2) is 42.0 Å². The molecule has 2 bridgehead atoms. The minimum Gasteiger partial charge on any atom is -0.466 e. The van der Waals surface area contributed by atoms with Crippen molar-refractivity contribution in [1.29, 1.82) is 0 Å². The first-order valence-electron chi connectivity index (χ1n) is 9.28. The van der Waals surface area contributed by atoms with Crippen molar-refractivity contribution in [2.45, 2.75) is 47.0 Å². The minimum absolute atomic E-state index is 0.0398. The lowest BCUT2D eigenvalue weighted by atomic mass is 9.70. The molecule has 134 valence electrons. The second-order valence-corrected chi connectivity index (χ2v) is 8.14. The van der Waals surface area contributed by atoms with E-state index in [1.54, 1.807) is 0 Å². The van der Waals surface area contributed by atoms with Gasteiger partial charge in [0.1, 0.15) is 0 Å². The summed E-state index contributed by atoms with van der Waals surface area (Å²) in [5.41, 5.74) is 1.60. The molecule has 0 N–H and O–H groups in total. The van der Waals surface area contributed by atoms with Gasteiger partial charge in [0.25, 0.3) is 0 Å². The van der Waals surface area contributed by atoms with Crippen molar-refractivity contribution in [2.75, 3.05) is 6.61 Å². The molecule has 0 saturated heterocycles. The van der Waals surface area contributed by atoms with E-state index in [9.17, 15) is 9.59 Å². The maximum atomic E-state index is 13.1. The first kappa shape index (κ1) is 17.9. The lowest BCUT2D eigenvalue weighted by molar-refractivity contribution is -0.146. The van der Waals surface area contributed by atoms with Gasteiger partial charge in [0.15, 0.2) is 5.78 Å². The van der Waals surface area contributed by atoms with Crippen LogP contribution in [0.5, 0.6) is 0 Å². The second kappa shape index (κ2) is 6.44. The Morgan fingerprint density at radius 2 is 1.96 bits per heavy atom. The third-order valence-corrected chi connectivity index (χ3v) is 6.63. The molecular formula is C22H28O3. The molecular weight excluding hydrogens is 312 g/mol. The molecule has 1 aromatic rings. The van der Waals surface area contributed by atoms with Gasteiger partial charge >= 0.3 is 5.97 Å². The molecule has 0 amide bonds. The van der Waals surface area contributed by atoms with Gasteiger partial charge in [-0.1, -0.05) is 57.2 Å². The summed E-state index contributed by atoms with van der Waals surface area (Å²) in [6.45, 7) is 8.65. The van der Waals surface area contributed by atoms with Crippen LogP contribution in [0.2, 0.25) is 0 Å². The smallest absolute Gasteiger partial charge is 0.313 e. The van der Waals surface area contributed by atoms with Crippen molar-refractivity contribution in [3.63, 3.8) is 0 Å². The second-order valence-electron chi connectivity index (χ2n) is 8.14. The van der Waals surface area contributed by atoms with Gasteiger partial charge in [-0.25, -0.2) is 0 Å². The molecule has 3 atom stereocenters. The molecule has 2 aliphatic rings. The van der Waals surface area contributed by atoms with Gasteiger partial charge < -0.3 is 4.74 Å². The van der Waals surface area contributed by atoms with Gasteiger partial charge in [-0.05, 0) is 48.7 Å². The minimum atomic E-state index is -0.403. The average Bonchev–Trinajstić information content (AvgIpc) is 2.89. The summed E-state index contributed by atoms with van der Waals surface area (Å²) >= 11 is 0. The number of hydrogen-bond acceptors (Lipinski definition) is 3. The Labute approximate surface area is 150 Å². The SMILES string of the molecule is CCOC(=O)[C@H](/C=C1/C(=O)[C@]2(C)CC[C@@H]1C2(C)C)Cc1ccccc1. The monoisotopic (exact) mass is 340 g/mol. The fraction of sp³-hybridized carbons (Fsp3) is 0.545. The van der Waals surface area contributed by atoms with Gasteiger partial charge in [-0.3, -0.25) is 9.59 Å². The zero-order valence-electron chi connectivity index (χ0n) is 15.7. The zero-order chi connectivity index (χ0) is 18.2. The lowest BCUT2D eigenvalue weighted by Gasteiger charge is -2.31. The predicted octanol–water partition coefficient (Wildman–Crippen LogP) is 4.36. The number of carbonyl (C=O) groups excluding carboxylic acids is 2. The maximum Gasteiger partial charge on any atom is 0.313 e. The molecule has 0 aromatic heterocycles. The number of ether oxygens (including phenoxy) is 1. The summed E-state index contributed by atoms with van der Waals surface area (Å²) < 4.78 is 5.28. The van der Waals surface area contributed by atoms with Gasteiger partial charge in [-0.15, -0.1) is 0 Å². The summed E-state index contributed by atoms with van der Waals surface area (Å²) in [5, 5.41) is 0. The fourth-order valence-electron chi connectivity index (χ4n) is 4.66.